The molecule has 0 bridgehead atoms. The van der Waals surface area contributed by atoms with Crippen LogP contribution < -0.4 is 0 Å². The van der Waals surface area contributed by atoms with E-state index < -0.39 is 6.29 Å². The van der Waals surface area contributed by atoms with Gasteiger partial charge in [-0.05, 0) is 124 Å². The molecule has 0 aromatic carbocycles. The highest BCUT2D eigenvalue weighted by Gasteiger charge is 2.50. The maximum Gasteiger partial charge on any atom is 0.154 e. The molecule has 0 heterocycles. The molecule has 3 fully saturated rings. The molecule has 10 atom stereocenters. The molecule has 0 aromatic rings. The van der Waals surface area contributed by atoms with Gasteiger partial charge in [-0.1, -0.05) is 27.7 Å². The molecule has 3 aliphatic carbocycles. The van der Waals surface area contributed by atoms with E-state index in [1.54, 1.807) is 7.11 Å². The minimum atomic E-state index is -0.600. The Bertz CT molecular complexity index is 522. The first-order chi connectivity index (χ1) is 14.2. The van der Waals surface area contributed by atoms with Crippen molar-refractivity contribution in [3.63, 3.8) is 0 Å². The minimum Gasteiger partial charge on any atom is -0.393 e. The van der Waals surface area contributed by atoms with Crippen LogP contribution in [0.15, 0.2) is 0 Å². The number of rotatable bonds is 8. The number of hydrogen-bond acceptors (Lipinski definition) is 3. The molecular formula is C27H50O3. The predicted octanol–water partition coefficient (Wildman–Crippen LogP) is 6.41. The van der Waals surface area contributed by atoms with Gasteiger partial charge in [0, 0.05) is 7.11 Å². The van der Waals surface area contributed by atoms with E-state index in [2.05, 4.69) is 27.7 Å². The van der Waals surface area contributed by atoms with E-state index in [1.165, 1.54) is 51.4 Å². The number of fused-ring (bicyclic) bond motifs is 1. The lowest BCUT2D eigenvalue weighted by molar-refractivity contribution is -0.0830. The topological polar surface area (TPSA) is 49.7 Å². The molecule has 3 rings (SSSR count). The fourth-order valence-electron chi connectivity index (χ4n) is 7.77. The van der Waals surface area contributed by atoms with Crippen LogP contribution in [-0.4, -0.2) is 29.7 Å². The molecule has 176 valence electrons. The molecule has 3 aliphatic rings. The summed E-state index contributed by atoms with van der Waals surface area (Å²) >= 11 is 0. The zero-order valence-corrected chi connectivity index (χ0v) is 20.5. The third-order valence-electron chi connectivity index (χ3n) is 10.2. The van der Waals surface area contributed by atoms with Gasteiger partial charge in [0.15, 0.2) is 6.29 Å². The van der Waals surface area contributed by atoms with Gasteiger partial charge in [0.2, 0.25) is 0 Å². The van der Waals surface area contributed by atoms with Gasteiger partial charge in [-0.3, -0.25) is 0 Å². The summed E-state index contributed by atoms with van der Waals surface area (Å²) in [4.78, 5) is 0. The van der Waals surface area contributed by atoms with Crippen molar-refractivity contribution in [2.75, 3.05) is 7.11 Å². The second-order valence-corrected chi connectivity index (χ2v) is 11.9. The molecule has 3 nitrogen and oxygen atoms in total. The van der Waals surface area contributed by atoms with Crippen molar-refractivity contribution in [2.45, 2.75) is 117 Å². The first kappa shape index (κ1) is 24.5. The Hall–Kier alpha value is -0.120. The molecule has 0 saturated heterocycles. The molecule has 0 amide bonds. The lowest BCUT2D eigenvalue weighted by atomic mass is 9.65. The van der Waals surface area contributed by atoms with Crippen LogP contribution >= 0.6 is 0 Å². The van der Waals surface area contributed by atoms with Gasteiger partial charge < -0.3 is 14.9 Å². The summed E-state index contributed by atoms with van der Waals surface area (Å²) in [5, 5.41) is 20.0. The van der Waals surface area contributed by atoms with Crippen molar-refractivity contribution >= 4 is 0 Å². The van der Waals surface area contributed by atoms with E-state index >= 15 is 0 Å². The molecule has 0 spiro atoms. The molecule has 30 heavy (non-hydrogen) atoms. The molecule has 2 N–H and O–H groups in total. The Morgan fingerprint density at radius 2 is 1.60 bits per heavy atom. The second kappa shape index (κ2) is 10.7. The van der Waals surface area contributed by atoms with Gasteiger partial charge in [0.05, 0.1) is 6.10 Å². The van der Waals surface area contributed by atoms with Crippen molar-refractivity contribution in [3.8, 4) is 0 Å². The van der Waals surface area contributed by atoms with E-state index in [1.807, 2.05) is 0 Å². The predicted molar refractivity (Wildman–Crippen MR) is 124 cm³/mol. The van der Waals surface area contributed by atoms with Gasteiger partial charge in [-0.25, -0.2) is 0 Å². The van der Waals surface area contributed by atoms with E-state index in [0.29, 0.717) is 11.3 Å². The Kier molecular flexibility index (Phi) is 8.72. The monoisotopic (exact) mass is 422 g/mol. The first-order valence-corrected chi connectivity index (χ1v) is 13.1. The van der Waals surface area contributed by atoms with Crippen LogP contribution in [0.3, 0.4) is 0 Å². The zero-order valence-electron chi connectivity index (χ0n) is 20.5. The maximum atomic E-state index is 10.1. The summed E-state index contributed by atoms with van der Waals surface area (Å²) in [5.41, 5.74) is 0.481. The van der Waals surface area contributed by atoms with Gasteiger partial charge in [0.1, 0.15) is 0 Å². The Morgan fingerprint density at radius 1 is 0.933 bits per heavy atom. The molecule has 10 unspecified atom stereocenters. The van der Waals surface area contributed by atoms with E-state index in [0.717, 1.165) is 61.2 Å². The van der Waals surface area contributed by atoms with Gasteiger partial charge in [0.25, 0.3) is 0 Å². The van der Waals surface area contributed by atoms with Crippen LogP contribution in [0.2, 0.25) is 0 Å². The fourth-order valence-corrected chi connectivity index (χ4v) is 7.77. The van der Waals surface area contributed by atoms with Crippen LogP contribution in [0.5, 0.6) is 0 Å². The van der Waals surface area contributed by atoms with Crippen LogP contribution in [0, 0.1) is 46.8 Å². The largest absolute Gasteiger partial charge is 0.393 e. The number of ether oxygens (including phenoxy) is 1. The average molecular weight is 423 g/mol. The summed E-state index contributed by atoms with van der Waals surface area (Å²) in [7, 11) is 1.60. The summed E-state index contributed by atoms with van der Waals surface area (Å²) in [6, 6.07) is 0. The van der Waals surface area contributed by atoms with Crippen LogP contribution in [-0.2, 0) is 4.74 Å². The molecule has 0 aliphatic heterocycles. The smallest absolute Gasteiger partial charge is 0.154 e. The van der Waals surface area contributed by atoms with Gasteiger partial charge in [-0.2, -0.15) is 0 Å². The normalized spacial score (nSPS) is 44.3. The van der Waals surface area contributed by atoms with Crippen LogP contribution in [0.4, 0.5) is 0 Å². The highest BCUT2D eigenvalue weighted by Crippen LogP contribution is 2.59. The summed E-state index contributed by atoms with van der Waals surface area (Å²) < 4.78 is 5.07. The maximum absolute atomic E-state index is 10.1. The summed E-state index contributed by atoms with van der Waals surface area (Å²) in [6.45, 7) is 9.95. The number of aliphatic hydroxyl groups is 2. The van der Waals surface area contributed by atoms with Crippen LogP contribution in [0.25, 0.3) is 0 Å². The standard InChI is InChI=1S/C27H50O3/c1-18-6-11-24(28)17-22(18)9-8-21-16-23-10-12-25(20(3)7-13-26(29)30-5)27(23,4)15-14-19(21)2/h18-26,28-29H,6-17H2,1-5H3. The fraction of sp³-hybridized carbons (Fsp3) is 1.00. The highest BCUT2D eigenvalue weighted by molar-refractivity contribution is 5.00. The van der Waals surface area contributed by atoms with Crippen molar-refractivity contribution in [2.24, 2.45) is 46.8 Å². The molecule has 3 heteroatoms. The minimum absolute atomic E-state index is 0.0465. The number of aliphatic hydroxyl groups excluding tert-OH is 2. The van der Waals surface area contributed by atoms with E-state index in [-0.39, 0.29) is 6.10 Å². The summed E-state index contributed by atoms with van der Waals surface area (Å²) in [5.74, 6) is 5.57. The molecule has 0 aromatic heterocycles. The SMILES string of the molecule is COC(O)CCC(C)C1CCC2CC(CCC3CC(O)CCC3C)C(C)CCC21C. The highest BCUT2D eigenvalue weighted by atomic mass is 16.6. The number of hydrogen-bond donors (Lipinski definition) is 2. The van der Waals surface area contributed by atoms with Gasteiger partial charge >= 0.3 is 0 Å². The second-order valence-electron chi connectivity index (χ2n) is 11.9. The molecule has 3 saturated carbocycles. The Labute approximate surface area is 186 Å². The van der Waals surface area contributed by atoms with Crippen molar-refractivity contribution in [3.05, 3.63) is 0 Å². The average Bonchev–Trinajstić information content (AvgIpc) is 2.99. The quantitative estimate of drug-likeness (QED) is 0.444. The Balaban J connectivity index is 1.58. The first-order valence-electron chi connectivity index (χ1n) is 13.1. The van der Waals surface area contributed by atoms with E-state index in [4.69, 9.17) is 4.74 Å². The van der Waals surface area contributed by atoms with E-state index in [9.17, 15) is 10.2 Å². The van der Waals surface area contributed by atoms with Crippen molar-refractivity contribution in [1.82, 2.24) is 0 Å². The summed E-state index contributed by atoms with van der Waals surface area (Å²) in [6.07, 6.45) is 14.1. The lowest BCUT2D eigenvalue weighted by Gasteiger charge is -2.40. The third-order valence-corrected chi connectivity index (χ3v) is 10.2. The van der Waals surface area contributed by atoms with Gasteiger partial charge in [-0.15, -0.1) is 0 Å². The van der Waals surface area contributed by atoms with Crippen molar-refractivity contribution < 1.29 is 14.9 Å². The number of methoxy groups -OCH3 is 1. The molecule has 0 radical (unpaired) electrons. The van der Waals surface area contributed by atoms with Crippen molar-refractivity contribution in [1.29, 1.82) is 0 Å². The Morgan fingerprint density at radius 3 is 2.30 bits per heavy atom. The third kappa shape index (κ3) is 5.62. The molecular weight excluding hydrogens is 372 g/mol. The zero-order chi connectivity index (χ0) is 21.9. The lowest BCUT2D eigenvalue weighted by Crippen LogP contribution is -2.32. The van der Waals surface area contributed by atoms with Crippen LogP contribution in [0.1, 0.15) is 105 Å².